The van der Waals surface area contributed by atoms with Crippen LogP contribution in [0, 0.1) is 29.6 Å². The van der Waals surface area contributed by atoms with E-state index in [-0.39, 0.29) is 93.7 Å². The molecule has 2 fully saturated rings. The predicted octanol–water partition coefficient (Wildman–Crippen LogP) is 4.22. The molecule has 11 atom stereocenters. The molecular formula is C72H110N12O17S. The molecule has 30 heteroatoms. The molecule has 0 spiro atoms. The van der Waals surface area contributed by atoms with Crippen LogP contribution in [0.5, 0.6) is 0 Å². The van der Waals surface area contributed by atoms with E-state index >= 15 is 0 Å². The maximum absolute atomic E-state index is 14.9. The second kappa shape index (κ2) is 40.5. The molecule has 566 valence electrons. The van der Waals surface area contributed by atoms with Gasteiger partial charge in [-0.2, -0.15) is 0 Å². The summed E-state index contributed by atoms with van der Waals surface area (Å²) in [5, 5.41) is 16.1. The minimum Gasteiger partial charge on any atom is -0.445 e. The van der Waals surface area contributed by atoms with Crippen molar-refractivity contribution in [3.63, 3.8) is 0 Å². The van der Waals surface area contributed by atoms with E-state index in [1.165, 1.54) is 38.3 Å². The summed E-state index contributed by atoms with van der Waals surface area (Å²) in [7, 11) is 2.00. The highest BCUT2D eigenvalue weighted by Crippen LogP contribution is 2.31. The summed E-state index contributed by atoms with van der Waals surface area (Å²) in [6.07, 6.45) is 4.53. The third-order valence-electron chi connectivity index (χ3n) is 19.1. The molecule has 0 aromatic heterocycles. The molecule has 0 bridgehead atoms. The average molecular weight is 1450 g/mol. The lowest BCUT2D eigenvalue weighted by Crippen LogP contribution is -2.60. The average Bonchev–Trinajstić information content (AvgIpc) is 1.80. The highest BCUT2D eigenvalue weighted by Gasteiger charge is 2.45. The number of nitrogens with zero attached hydrogens (tertiary/aromatic N) is 4. The number of likely N-dealkylation sites (tertiary alicyclic amines) is 1. The van der Waals surface area contributed by atoms with Gasteiger partial charge >= 0.3 is 12.1 Å². The number of methoxy groups -OCH3 is 2. The first-order valence-electron chi connectivity index (χ1n) is 35.5. The number of imide groups is 1. The van der Waals surface area contributed by atoms with Crippen molar-refractivity contribution in [3.8, 4) is 0 Å². The number of ether oxygens (including phenoxy) is 3. The van der Waals surface area contributed by atoms with Crippen LogP contribution >= 0.6 is 0 Å². The molecule has 2 aromatic carbocycles. The van der Waals surface area contributed by atoms with E-state index in [9.17, 15) is 66.0 Å². The first-order valence-corrected chi connectivity index (χ1v) is 37.0. The number of hydrogen-bond acceptors (Lipinski definition) is 18. The van der Waals surface area contributed by atoms with Gasteiger partial charge in [-0.1, -0.05) is 118 Å². The number of unbranched alkanes of at least 4 members (excludes halogenated alkanes) is 2. The highest BCUT2D eigenvalue weighted by molar-refractivity contribution is 7.91. The smallest absolute Gasteiger partial charge is 0.410 e. The third kappa shape index (κ3) is 25.0. The number of ketones is 1. The lowest BCUT2D eigenvalue weighted by molar-refractivity contribution is -0.148. The van der Waals surface area contributed by atoms with E-state index in [4.69, 9.17) is 19.9 Å². The van der Waals surface area contributed by atoms with Crippen LogP contribution in [0.4, 0.5) is 15.3 Å². The number of hydrogen-bond donors (Lipinski definition) is 8. The Morgan fingerprint density at radius 3 is 1.90 bits per heavy atom. The molecule has 0 radical (unpaired) electrons. The van der Waals surface area contributed by atoms with Gasteiger partial charge in [0.1, 0.15) is 36.6 Å². The molecule has 2 aromatic rings. The van der Waals surface area contributed by atoms with E-state index in [2.05, 4.69) is 36.6 Å². The fraction of sp³-hybridized carbons (Fsp3) is 0.639. The Hall–Kier alpha value is -8.35. The van der Waals surface area contributed by atoms with Gasteiger partial charge < -0.3 is 56.3 Å². The maximum Gasteiger partial charge on any atom is 0.410 e. The quantitative estimate of drug-likeness (QED) is 0.0340. The molecule has 1 saturated carbocycles. The molecule has 3 aliphatic rings. The first kappa shape index (κ1) is 84.3. The van der Waals surface area contributed by atoms with Crippen molar-refractivity contribution >= 4 is 86.8 Å². The Morgan fingerprint density at radius 2 is 1.32 bits per heavy atom. The third-order valence-corrected chi connectivity index (χ3v) is 20.9. The van der Waals surface area contributed by atoms with E-state index in [1.807, 2.05) is 13.8 Å². The van der Waals surface area contributed by atoms with Crippen LogP contribution in [-0.4, -0.2) is 213 Å². The minimum absolute atomic E-state index is 0.0169. The Kier molecular flexibility index (Phi) is 33.5. The van der Waals surface area contributed by atoms with Crippen molar-refractivity contribution < 1.29 is 80.2 Å². The Labute approximate surface area is 600 Å². The van der Waals surface area contributed by atoms with Gasteiger partial charge in [0.2, 0.25) is 45.5 Å². The summed E-state index contributed by atoms with van der Waals surface area (Å²) < 4.78 is 45.6. The summed E-state index contributed by atoms with van der Waals surface area (Å²) in [4.78, 5) is 167. The number of rotatable bonds is 43. The summed E-state index contributed by atoms with van der Waals surface area (Å²) in [6, 6.07) is 7.83. The molecule has 1 aliphatic carbocycles. The van der Waals surface area contributed by atoms with Gasteiger partial charge in [-0.15, -0.1) is 0 Å². The predicted molar refractivity (Wildman–Crippen MR) is 381 cm³/mol. The number of anilines is 1. The van der Waals surface area contributed by atoms with Crippen LogP contribution < -0.4 is 42.4 Å². The number of nitrogens with one attached hydrogen (secondary N) is 7. The van der Waals surface area contributed by atoms with Crippen molar-refractivity contribution in [1.82, 2.24) is 50.9 Å². The number of benzene rings is 2. The van der Waals surface area contributed by atoms with Gasteiger partial charge in [0.15, 0.2) is 0 Å². The van der Waals surface area contributed by atoms with E-state index in [0.717, 1.165) is 9.80 Å². The van der Waals surface area contributed by atoms with Crippen molar-refractivity contribution in [2.75, 3.05) is 59.8 Å². The fourth-order valence-electron chi connectivity index (χ4n) is 12.9. The van der Waals surface area contributed by atoms with Crippen LogP contribution in [0.1, 0.15) is 150 Å². The summed E-state index contributed by atoms with van der Waals surface area (Å²) >= 11 is 0. The molecule has 102 heavy (non-hydrogen) atoms. The van der Waals surface area contributed by atoms with Crippen LogP contribution in [0.15, 0.2) is 66.7 Å². The minimum atomic E-state index is -3.93. The zero-order valence-corrected chi connectivity index (χ0v) is 62.3. The van der Waals surface area contributed by atoms with Crippen LogP contribution in [0.25, 0.3) is 0 Å². The zero-order chi connectivity index (χ0) is 75.7. The number of carbonyl (C=O) groups excluding carboxylic acids is 12. The Balaban J connectivity index is 1.18. The number of primary amides is 1. The molecular weight excluding hydrogens is 1340 g/mol. The number of nitrogens with two attached hydrogens (primary N) is 1. The summed E-state index contributed by atoms with van der Waals surface area (Å²) in [6.45, 7) is 16.5. The maximum atomic E-state index is 14.9. The van der Waals surface area contributed by atoms with Gasteiger partial charge in [0.05, 0.1) is 54.5 Å². The molecule has 9 N–H and O–H groups in total. The van der Waals surface area contributed by atoms with Crippen molar-refractivity contribution in [2.24, 2.45) is 35.3 Å². The molecule has 11 unspecified atom stereocenters. The first-order chi connectivity index (χ1) is 48.2. The van der Waals surface area contributed by atoms with Crippen molar-refractivity contribution in [1.29, 1.82) is 0 Å². The van der Waals surface area contributed by atoms with Crippen LogP contribution in [0.2, 0.25) is 0 Å². The Morgan fingerprint density at radius 1 is 0.686 bits per heavy atom. The zero-order valence-electron chi connectivity index (χ0n) is 61.5. The van der Waals surface area contributed by atoms with Gasteiger partial charge in [-0.3, -0.25) is 67.8 Å². The number of urea groups is 1. The van der Waals surface area contributed by atoms with Crippen molar-refractivity contribution in [2.45, 2.75) is 212 Å². The standard InChI is InChI=1S/C72H110N12O17S/c1-14-46(8)63(56(99-12)40-59(88)83-38-22-27-55(83)64(100-13)47(9)65(89)78-54(39-48-23-17-15-18-24-48)67(91)80-102(97,98)52-32-33-52)81(10)70(94)61(44(4)5)79-69(93)62(45(6)7)82(11)72(96)101-42-49-28-30-50(31-29-49)76-66(90)53(26-21-36-74-71(73)95)77-68(92)60(43(2)3)75-41-51(85)25-19-16-20-37-84-57(86)34-35-58(84)87/h15,17-18,23-24,28-31,34-35,43-47,52-56,60-64,75H,14,16,19-22,25-27,32-33,36-42H2,1-13H3,(H,76,90)(H,77,92)(H,78,89)(H,79,93)(H,80,91)(H3,73,74,95). The van der Waals surface area contributed by atoms with E-state index in [0.29, 0.717) is 74.7 Å². The number of Topliss-reactive ketones (excluding diaryl/α,β-unsaturated/α-hetero) is 1. The second-order valence-electron chi connectivity index (χ2n) is 27.9. The molecule has 5 rings (SSSR count). The Bertz CT molecular complexity index is 3330. The number of sulfonamides is 1. The molecule has 2 heterocycles. The number of carbonyl (C=O) groups is 12. The van der Waals surface area contributed by atoms with Gasteiger partial charge in [-0.05, 0) is 98.3 Å². The second-order valence-corrected chi connectivity index (χ2v) is 29.9. The topological polar surface area (TPSA) is 390 Å². The molecule has 12 amide bonds. The number of likely N-dealkylation sites (N-methyl/N-ethyl adjacent to an activating group) is 2. The lowest BCUT2D eigenvalue weighted by Gasteiger charge is -2.41. The van der Waals surface area contributed by atoms with Crippen molar-refractivity contribution in [3.05, 3.63) is 77.9 Å². The molecule has 1 saturated heterocycles. The molecule has 2 aliphatic heterocycles. The van der Waals surface area contributed by atoms with Crippen LogP contribution in [0.3, 0.4) is 0 Å². The lowest BCUT2D eigenvalue weighted by atomic mass is 9.89. The normalized spacial score (nSPS) is 17.5. The van der Waals surface area contributed by atoms with E-state index < -0.39 is 135 Å². The fourth-order valence-corrected chi connectivity index (χ4v) is 14.3. The summed E-state index contributed by atoms with van der Waals surface area (Å²) in [5.41, 5.74) is 6.81. The molecule has 29 nitrogen and oxygen atoms in total. The van der Waals surface area contributed by atoms with Gasteiger partial charge in [-0.25, -0.2) is 18.0 Å². The largest absolute Gasteiger partial charge is 0.445 e. The van der Waals surface area contributed by atoms with Gasteiger partial charge in [0, 0.05) is 78.6 Å². The van der Waals surface area contributed by atoms with Gasteiger partial charge in [0.25, 0.3) is 17.7 Å². The summed E-state index contributed by atoms with van der Waals surface area (Å²) in [5.74, 6) is -7.17. The highest BCUT2D eigenvalue weighted by atomic mass is 32.2. The SMILES string of the molecule is CCC(C)C(C(CC(=O)N1CCCC1C(OC)C(C)C(=O)NC(Cc1ccccc1)C(=O)NS(=O)(=O)C1CC1)OC)N(C)C(=O)C(NC(=O)C(C(C)C)N(C)C(=O)OCc1ccc(NC(=O)C(CCCNC(N)=O)NC(=O)C(NCC(=O)CCCCCN2C(=O)C=CC2=O)C(C)C)cc1)C(C)C. The van der Waals surface area contributed by atoms with E-state index in [1.54, 1.807) is 115 Å². The van der Waals surface area contributed by atoms with Crippen LogP contribution in [-0.2, 0) is 85.2 Å². The monoisotopic (exact) mass is 1450 g/mol. The number of amides is 12.